The molecule has 1 aromatic rings. The average Bonchev–Trinajstić information content (AvgIpc) is 2.46. The lowest BCUT2D eigenvalue weighted by molar-refractivity contribution is 0.115. The molecule has 2 N–H and O–H groups in total. The summed E-state index contributed by atoms with van der Waals surface area (Å²) in [5.41, 5.74) is 6.41. The maximum absolute atomic E-state index is 5.70. The van der Waals surface area contributed by atoms with Gasteiger partial charge in [-0.05, 0) is 38.4 Å². The molecule has 2 aliphatic heterocycles. The number of rotatable bonds is 2. The minimum Gasteiger partial charge on any atom is -0.388 e. The van der Waals surface area contributed by atoms with Crippen molar-refractivity contribution >= 4 is 23.0 Å². The highest BCUT2D eigenvalue weighted by molar-refractivity contribution is 7.80. The van der Waals surface area contributed by atoms with Crippen LogP contribution >= 0.6 is 12.2 Å². The molecule has 0 aliphatic carbocycles. The predicted molar refractivity (Wildman–Crippen MR) is 86.1 cm³/mol. The Morgan fingerprint density at radius 3 is 3.00 bits per heavy atom. The monoisotopic (exact) mass is 290 g/mol. The smallest absolute Gasteiger partial charge is 0.129 e. The van der Waals surface area contributed by atoms with Gasteiger partial charge in [0, 0.05) is 25.2 Å². The third kappa shape index (κ3) is 2.65. The molecule has 3 rings (SSSR count). The Kier molecular flexibility index (Phi) is 3.89. The van der Waals surface area contributed by atoms with E-state index < -0.39 is 0 Å². The third-order valence-corrected chi connectivity index (χ3v) is 4.68. The second kappa shape index (κ2) is 5.66. The number of piperazine rings is 1. The summed E-state index contributed by atoms with van der Waals surface area (Å²) < 4.78 is 0. The van der Waals surface area contributed by atoms with E-state index in [-0.39, 0.29) is 0 Å². The van der Waals surface area contributed by atoms with Crippen LogP contribution in [0.2, 0.25) is 0 Å². The highest BCUT2D eigenvalue weighted by Crippen LogP contribution is 2.27. The largest absolute Gasteiger partial charge is 0.388 e. The molecule has 0 amide bonds. The van der Waals surface area contributed by atoms with Crippen molar-refractivity contribution in [2.75, 3.05) is 24.5 Å². The molecule has 20 heavy (non-hydrogen) atoms. The fourth-order valence-electron chi connectivity index (χ4n) is 3.39. The lowest BCUT2D eigenvalue weighted by Gasteiger charge is -2.48. The summed E-state index contributed by atoms with van der Waals surface area (Å²) in [5.74, 6) is 1.01. The maximum Gasteiger partial charge on any atom is 0.129 e. The summed E-state index contributed by atoms with van der Waals surface area (Å²) in [4.78, 5) is 10.0. The van der Waals surface area contributed by atoms with Crippen LogP contribution in [0.15, 0.2) is 18.2 Å². The first-order chi connectivity index (χ1) is 9.65. The molecule has 0 saturated carbocycles. The van der Waals surface area contributed by atoms with Gasteiger partial charge in [-0.2, -0.15) is 0 Å². The first kappa shape index (κ1) is 13.8. The van der Waals surface area contributed by atoms with Crippen molar-refractivity contribution in [1.82, 2.24) is 9.88 Å². The van der Waals surface area contributed by atoms with E-state index >= 15 is 0 Å². The van der Waals surface area contributed by atoms with Crippen molar-refractivity contribution in [1.29, 1.82) is 0 Å². The van der Waals surface area contributed by atoms with Crippen LogP contribution < -0.4 is 10.6 Å². The molecular weight excluding hydrogens is 268 g/mol. The number of anilines is 1. The van der Waals surface area contributed by atoms with Gasteiger partial charge in [-0.1, -0.05) is 24.7 Å². The molecule has 4 nitrogen and oxygen atoms in total. The number of hydrogen-bond donors (Lipinski definition) is 1. The number of pyridine rings is 1. The Labute approximate surface area is 126 Å². The van der Waals surface area contributed by atoms with Gasteiger partial charge in [-0.15, -0.1) is 0 Å². The highest BCUT2D eigenvalue weighted by Gasteiger charge is 2.33. The molecule has 0 bridgehead atoms. The molecule has 5 heteroatoms. The quantitative estimate of drug-likeness (QED) is 0.841. The second-order valence-corrected chi connectivity index (χ2v) is 6.33. The highest BCUT2D eigenvalue weighted by atomic mass is 32.1. The Morgan fingerprint density at radius 1 is 1.35 bits per heavy atom. The van der Waals surface area contributed by atoms with Crippen molar-refractivity contribution in [3.8, 4) is 0 Å². The third-order valence-electron chi connectivity index (χ3n) is 4.47. The molecule has 2 unspecified atom stereocenters. The van der Waals surface area contributed by atoms with Crippen LogP contribution in [-0.2, 0) is 0 Å². The number of piperidine rings is 1. The maximum atomic E-state index is 5.70. The van der Waals surface area contributed by atoms with Gasteiger partial charge in [0.05, 0.1) is 5.69 Å². The SMILES string of the molecule is CC1CN2CCCCC2CN1c1cccc(C(N)=S)n1. The first-order valence-corrected chi connectivity index (χ1v) is 7.83. The van der Waals surface area contributed by atoms with E-state index in [1.807, 2.05) is 12.1 Å². The van der Waals surface area contributed by atoms with Crippen LogP contribution in [0.25, 0.3) is 0 Å². The molecule has 2 atom stereocenters. The summed E-state index contributed by atoms with van der Waals surface area (Å²) in [6.45, 7) is 5.72. The van der Waals surface area contributed by atoms with Crippen LogP contribution in [0.5, 0.6) is 0 Å². The van der Waals surface area contributed by atoms with Gasteiger partial charge in [-0.3, -0.25) is 4.90 Å². The van der Waals surface area contributed by atoms with Crippen molar-refractivity contribution in [2.24, 2.45) is 5.73 Å². The molecule has 2 fully saturated rings. The first-order valence-electron chi connectivity index (χ1n) is 7.42. The Bertz CT molecular complexity index is 504. The number of fused-ring (bicyclic) bond motifs is 1. The summed E-state index contributed by atoms with van der Waals surface area (Å²) in [7, 11) is 0. The molecular formula is C15H22N4S. The van der Waals surface area contributed by atoms with E-state index in [0.717, 1.165) is 24.6 Å². The standard InChI is InChI=1S/C15H22N4S/c1-11-9-18-8-3-2-5-12(18)10-19(11)14-7-4-6-13(17-14)15(16)20/h4,6-7,11-12H,2-3,5,8-10H2,1H3,(H2,16,20). The Balaban J connectivity index is 1.82. The summed E-state index contributed by atoms with van der Waals surface area (Å²) in [6, 6.07) is 7.11. The van der Waals surface area contributed by atoms with Gasteiger partial charge < -0.3 is 10.6 Å². The van der Waals surface area contributed by atoms with Gasteiger partial charge in [0.2, 0.25) is 0 Å². The van der Waals surface area contributed by atoms with E-state index in [1.54, 1.807) is 0 Å². The summed E-state index contributed by atoms with van der Waals surface area (Å²) >= 11 is 5.03. The molecule has 3 heterocycles. The Hall–Kier alpha value is -1.20. The topological polar surface area (TPSA) is 45.4 Å². The number of nitrogens with two attached hydrogens (primary N) is 1. The predicted octanol–water partition coefficient (Wildman–Crippen LogP) is 1.78. The van der Waals surface area contributed by atoms with Crippen molar-refractivity contribution in [3.05, 3.63) is 23.9 Å². The van der Waals surface area contributed by atoms with Gasteiger partial charge in [0.1, 0.15) is 10.8 Å². The fourth-order valence-corrected chi connectivity index (χ4v) is 3.51. The van der Waals surface area contributed by atoms with E-state index in [9.17, 15) is 0 Å². The molecule has 2 aliphatic rings. The molecule has 108 valence electrons. The van der Waals surface area contributed by atoms with E-state index in [1.165, 1.54) is 25.8 Å². The molecule has 1 aromatic heterocycles. The number of hydrogen-bond acceptors (Lipinski definition) is 4. The van der Waals surface area contributed by atoms with Crippen LogP contribution in [-0.4, -0.2) is 46.6 Å². The van der Waals surface area contributed by atoms with Crippen molar-refractivity contribution in [2.45, 2.75) is 38.3 Å². The normalized spacial score (nSPS) is 27.1. The van der Waals surface area contributed by atoms with Crippen LogP contribution in [0.4, 0.5) is 5.82 Å². The van der Waals surface area contributed by atoms with Crippen LogP contribution in [0.3, 0.4) is 0 Å². The zero-order valence-corrected chi connectivity index (χ0v) is 12.8. The molecule has 2 saturated heterocycles. The second-order valence-electron chi connectivity index (χ2n) is 5.89. The van der Waals surface area contributed by atoms with E-state index in [0.29, 0.717) is 17.1 Å². The minimum atomic E-state index is 0.371. The molecule has 0 spiro atoms. The lowest BCUT2D eigenvalue weighted by Crippen LogP contribution is -2.59. The molecule has 0 radical (unpaired) electrons. The number of aromatic nitrogens is 1. The van der Waals surface area contributed by atoms with E-state index in [4.69, 9.17) is 18.0 Å². The fraction of sp³-hybridized carbons (Fsp3) is 0.600. The summed E-state index contributed by atoms with van der Waals surface area (Å²) in [6.07, 6.45) is 4.00. The van der Waals surface area contributed by atoms with Crippen LogP contribution in [0, 0.1) is 0 Å². The zero-order chi connectivity index (χ0) is 14.1. The Morgan fingerprint density at radius 2 is 2.20 bits per heavy atom. The minimum absolute atomic E-state index is 0.371. The average molecular weight is 290 g/mol. The van der Waals surface area contributed by atoms with Crippen LogP contribution in [0.1, 0.15) is 31.9 Å². The van der Waals surface area contributed by atoms with Gasteiger partial charge >= 0.3 is 0 Å². The molecule has 0 aromatic carbocycles. The number of nitrogens with zero attached hydrogens (tertiary/aromatic N) is 3. The summed E-state index contributed by atoms with van der Waals surface area (Å²) in [5, 5.41) is 0. The van der Waals surface area contributed by atoms with Gasteiger partial charge in [0.25, 0.3) is 0 Å². The lowest BCUT2D eigenvalue weighted by atomic mass is 9.97. The van der Waals surface area contributed by atoms with Gasteiger partial charge in [-0.25, -0.2) is 4.98 Å². The number of thiocarbonyl (C=S) groups is 1. The zero-order valence-electron chi connectivity index (χ0n) is 12.0. The van der Waals surface area contributed by atoms with E-state index in [2.05, 4.69) is 27.8 Å². The van der Waals surface area contributed by atoms with Crippen molar-refractivity contribution < 1.29 is 0 Å². The van der Waals surface area contributed by atoms with Gasteiger partial charge in [0.15, 0.2) is 0 Å². The van der Waals surface area contributed by atoms with Crippen molar-refractivity contribution in [3.63, 3.8) is 0 Å².